The summed E-state index contributed by atoms with van der Waals surface area (Å²) in [6.07, 6.45) is 1.49. The minimum absolute atomic E-state index is 0. The van der Waals surface area contributed by atoms with E-state index >= 15 is 0 Å². The molecule has 0 radical (unpaired) electrons. The van der Waals surface area contributed by atoms with E-state index in [4.69, 9.17) is 5.73 Å². The number of hydrogen-bond acceptors (Lipinski definition) is 5. The molecule has 1 unspecified atom stereocenters. The van der Waals surface area contributed by atoms with E-state index in [2.05, 4.69) is 21.1 Å². The van der Waals surface area contributed by atoms with Gasteiger partial charge in [0.1, 0.15) is 0 Å². The molecule has 6 heteroatoms. The first-order valence-corrected chi connectivity index (χ1v) is 6.71. The van der Waals surface area contributed by atoms with Gasteiger partial charge in [-0.15, -0.1) is 23.7 Å². The van der Waals surface area contributed by atoms with Crippen molar-refractivity contribution in [3.05, 3.63) is 21.9 Å². The number of nitrogens with two attached hydrogens (primary N) is 1. The van der Waals surface area contributed by atoms with Crippen LogP contribution in [0.15, 0.2) is 11.4 Å². The van der Waals surface area contributed by atoms with E-state index < -0.39 is 0 Å². The standard InChI is InChI=1S/C12H18N2O2S.ClH/c1-16-11(15)3-6-14-5-2-9-4-7-17-12(9)10(14)8-13;/h4,7,10H,2-3,5-6,8,13H2,1H3;1H. The van der Waals surface area contributed by atoms with Crippen LogP contribution in [0.1, 0.15) is 22.9 Å². The van der Waals surface area contributed by atoms with Gasteiger partial charge >= 0.3 is 5.97 Å². The average Bonchev–Trinajstić information content (AvgIpc) is 2.83. The Balaban J connectivity index is 0.00000162. The molecule has 0 aromatic carbocycles. The number of hydrogen-bond donors (Lipinski definition) is 1. The largest absolute Gasteiger partial charge is 0.469 e. The first kappa shape index (κ1) is 15.4. The van der Waals surface area contributed by atoms with Gasteiger partial charge in [-0.05, 0) is 23.4 Å². The molecule has 102 valence electrons. The molecule has 0 saturated carbocycles. The van der Waals surface area contributed by atoms with Crippen molar-refractivity contribution in [2.75, 3.05) is 26.7 Å². The van der Waals surface area contributed by atoms with Gasteiger partial charge in [-0.25, -0.2) is 0 Å². The lowest BCUT2D eigenvalue weighted by atomic mass is 10.0. The van der Waals surface area contributed by atoms with E-state index in [0.29, 0.717) is 13.0 Å². The number of fused-ring (bicyclic) bond motifs is 1. The average molecular weight is 291 g/mol. The second-order valence-electron chi connectivity index (χ2n) is 4.17. The van der Waals surface area contributed by atoms with Crippen LogP contribution < -0.4 is 5.73 Å². The zero-order chi connectivity index (χ0) is 12.3. The van der Waals surface area contributed by atoms with Crippen LogP contribution in [0.25, 0.3) is 0 Å². The minimum Gasteiger partial charge on any atom is -0.469 e. The molecule has 0 aliphatic carbocycles. The third-order valence-corrected chi connectivity index (χ3v) is 4.31. The van der Waals surface area contributed by atoms with Gasteiger partial charge < -0.3 is 10.5 Å². The lowest BCUT2D eigenvalue weighted by Crippen LogP contribution is -2.39. The molecule has 0 bridgehead atoms. The molecule has 2 N–H and O–H groups in total. The zero-order valence-corrected chi connectivity index (χ0v) is 12.1. The summed E-state index contributed by atoms with van der Waals surface area (Å²) in [5.41, 5.74) is 7.27. The number of nitrogens with zero attached hydrogens (tertiary/aromatic N) is 1. The van der Waals surface area contributed by atoms with Crippen LogP contribution in [0.3, 0.4) is 0 Å². The molecule has 4 nitrogen and oxygen atoms in total. The van der Waals surface area contributed by atoms with Crippen LogP contribution in [0.5, 0.6) is 0 Å². The van der Waals surface area contributed by atoms with Crippen molar-refractivity contribution in [1.82, 2.24) is 4.90 Å². The van der Waals surface area contributed by atoms with Gasteiger partial charge in [0, 0.05) is 24.5 Å². The minimum atomic E-state index is -0.155. The van der Waals surface area contributed by atoms with Crippen molar-refractivity contribution in [2.45, 2.75) is 18.9 Å². The Morgan fingerprint density at radius 1 is 1.67 bits per heavy atom. The number of thiophene rings is 1. The number of rotatable bonds is 4. The Hall–Kier alpha value is -0.620. The van der Waals surface area contributed by atoms with E-state index in [1.807, 2.05) is 0 Å². The summed E-state index contributed by atoms with van der Waals surface area (Å²) in [5.74, 6) is -0.155. The molecule has 1 aliphatic rings. The topological polar surface area (TPSA) is 55.6 Å². The third kappa shape index (κ3) is 3.23. The van der Waals surface area contributed by atoms with Crippen LogP contribution in [-0.2, 0) is 16.0 Å². The zero-order valence-electron chi connectivity index (χ0n) is 10.4. The summed E-state index contributed by atoms with van der Waals surface area (Å²) in [6.45, 7) is 2.31. The molecule has 1 aliphatic heterocycles. The van der Waals surface area contributed by atoms with Gasteiger partial charge in [0.05, 0.1) is 19.6 Å². The second kappa shape index (κ2) is 7.09. The summed E-state index contributed by atoms with van der Waals surface area (Å²) in [5, 5.41) is 2.12. The number of carbonyl (C=O) groups is 1. The predicted molar refractivity (Wildman–Crippen MR) is 75.3 cm³/mol. The van der Waals surface area contributed by atoms with Crippen molar-refractivity contribution in [3.63, 3.8) is 0 Å². The van der Waals surface area contributed by atoms with Gasteiger partial charge in [-0.3, -0.25) is 9.69 Å². The van der Waals surface area contributed by atoms with Crippen LogP contribution >= 0.6 is 23.7 Å². The second-order valence-corrected chi connectivity index (χ2v) is 5.12. The number of halogens is 1. The third-order valence-electron chi connectivity index (χ3n) is 3.25. The van der Waals surface area contributed by atoms with E-state index in [-0.39, 0.29) is 24.4 Å². The smallest absolute Gasteiger partial charge is 0.306 e. The van der Waals surface area contributed by atoms with Gasteiger partial charge in [-0.1, -0.05) is 0 Å². The Morgan fingerprint density at radius 2 is 2.44 bits per heavy atom. The van der Waals surface area contributed by atoms with Crippen LogP contribution in [0.4, 0.5) is 0 Å². The Kier molecular flexibility index (Phi) is 6.08. The van der Waals surface area contributed by atoms with E-state index in [9.17, 15) is 4.79 Å². The first-order chi connectivity index (χ1) is 8.26. The summed E-state index contributed by atoms with van der Waals surface area (Å²) < 4.78 is 4.67. The molecule has 2 rings (SSSR count). The van der Waals surface area contributed by atoms with E-state index in [1.165, 1.54) is 17.6 Å². The van der Waals surface area contributed by atoms with Crippen LogP contribution in [0.2, 0.25) is 0 Å². The maximum Gasteiger partial charge on any atom is 0.306 e. The molecule has 1 aromatic heterocycles. The van der Waals surface area contributed by atoms with Crippen molar-refractivity contribution >= 4 is 29.7 Å². The van der Waals surface area contributed by atoms with Gasteiger partial charge in [-0.2, -0.15) is 0 Å². The monoisotopic (exact) mass is 290 g/mol. The Labute approximate surface area is 118 Å². The molecule has 2 heterocycles. The van der Waals surface area contributed by atoms with Crippen molar-refractivity contribution in [2.24, 2.45) is 5.73 Å². The van der Waals surface area contributed by atoms with Crippen LogP contribution in [-0.4, -0.2) is 37.6 Å². The highest BCUT2D eigenvalue weighted by atomic mass is 35.5. The van der Waals surface area contributed by atoms with Crippen molar-refractivity contribution in [1.29, 1.82) is 0 Å². The molecular weight excluding hydrogens is 272 g/mol. The van der Waals surface area contributed by atoms with Crippen LogP contribution in [0, 0.1) is 0 Å². The van der Waals surface area contributed by atoms with Gasteiger partial charge in [0.15, 0.2) is 0 Å². The maximum atomic E-state index is 11.2. The summed E-state index contributed by atoms with van der Waals surface area (Å²) in [4.78, 5) is 14.8. The van der Waals surface area contributed by atoms with Crippen molar-refractivity contribution in [3.8, 4) is 0 Å². The summed E-state index contributed by atoms with van der Waals surface area (Å²) in [6, 6.07) is 2.45. The molecule has 0 saturated heterocycles. The fourth-order valence-corrected chi connectivity index (χ4v) is 3.40. The molecule has 0 amide bonds. The van der Waals surface area contributed by atoms with Gasteiger partial charge in [0.25, 0.3) is 0 Å². The first-order valence-electron chi connectivity index (χ1n) is 5.83. The molecule has 0 fully saturated rings. The molecule has 18 heavy (non-hydrogen) atoms. The predicted octanol–water partition coefficient (Wildman–Crippen LogP) is 1.59. The fraction of sp³-hybridized carbons (Fsp3) is 0.583. The Bertz CT molecular complexity index is 397. The van der Waals surface area contributed by atoms with Crippen molar-refractivity contribution < 1.29 is 9.53 Å². The highest BCUT2D eigenvalue weighted by molar-refractivity contribution is 7.10. The molecule has 1 aromatic rings. The van der Waals surface area contributed by atoms with Gasteiger partial charge in [0.2, 0.25) is 0 Å². The Morgan fingerprint density at radius 3 is 3.11 bits per heavy atom. The quantitative estimate of drug-likeness (QED) is 0.856. The molecule has 1 atom stereocenters. The highest BCUT2D eigenvalue weighted by Gasteiger charge is 2.27. The number of esters is 1. The summed E-state index contributed by atoms with van der Waals surface area (Å²) >= 11 is 1.76. The lowest BCUT2D eigenvalue weighted by molar-refractivity contribution is -0.141. The number of ether oxygens (including phenoxy) is 1. The number of methoxy groups -OCH3 is 1. The fourth-order valence-electron chi connectivity index (χ4n) is 2.29. The molecule has 0 spiro atoms. The van der Waals surface area contributed by atoms with E-state index in [1.54, 1.807) is 11.3 Å². The number of carbonyl (C=O) groups excluding carboxylic acids is 1. The van der Waals surface area contributed by atoms with E-state index in [0.717, 1.165) is 19.5 Å². The maximum absolute atomic E-state index is 11.2. The molecular formula is C12H19ClN2O2S. The highest BCUT2D eigenvalue weighted by Crippen LogP contribution is 2.33. The normalized spacial score (nSPS) is 18.9. The lowest BCUT2D eigenvalue weighted by Gasteiger charge is -2.34. The summed E-state index contributed by atoms with van der Waals surface area (Å²) in [7, 11) is 1.43. The SMILES string of the molecule is COC(=O)CCN1CCc2ccsc2C1CN.Cl.